The van der Waals surface area contributed by atoms with Gasteiger partial charge in [0.05, 0.1) is 17.9 Å². The number of hydrogen-bond acceptors (Lipinski definition) is 3. The Kier molecular flexibility index (Phi) is 3.93. The summed E-state index contributed by atoms with van der Waals surface area (Å²) >= 11 is 0. The van der Waals surface area contributed by atoms with E-state index in [0.29, 0.717) is 12.0 Å². The number of hydrazine groups is 1. The van der Waals surface area contributed by atoms with Crippen molar-refractivity contribution >= 4 is 11.6 Å². The van der Waals surface area contributed by atoms with Crippen LogP contribution in [0.2, 0.25) is 0 Å². The molecule has 2 rings (SSSR count). The lowest BCUT2D eigenvalue weighted by Gasteiger charge is -2.21. The Bertz CT molecular complexity index is 370. The van der Waals surface area contributed by atoms with Gasteiger partial charge in [-0.1, -0.05) is 12.8 Å². The van der Waals surface area contributed by atoms with Crippen molar-refractivity contribution in [3.8, 4) is 0 Å². The maximum absolute atomic E-state index is 5.55. The van der Waals surface area contributed by atoms with Crippen LogP contribution in [0.25, 0.3) is 0 Å². The summed E-state index contributed by atoms with van der Waals surface area (Å²) in [5.74, 6) is 6.25. The molecule has 0 radical (unpaired) electrons. The van der Waals surface area contributed by atoms with E-state index in [1.54, 1.807) is 12.4 Å². The van der Waals surface area contributed by atoms with Crippen LogP contribution >= 0.6 is 0 Å². The van der Waals surface area contributed by atoms with E-state index in [-0.39, 0.29) is 0 Å². The number of nitrogens with two attached hydrogens (primary N) is 1. The zero-order chi connectivity index (χ0) is 12.1. The molecule has 92 valence electrons. The van der Waals surface area contributed by atoms with E-state index in [2.05, 4.69) is 15.4 Å². The zero-order valence-corrected chi connectivity index (χ0v) is 10.1. The van der Waals surface area contributed by atoms with Crippen molar-refractivity contribution in [3.05, 3.63) is 24.5 Å². The molecule has 1 aromatic rings. The third kappa shape index (κ3) is 2.94. The first kappa shape index (κ1) is 11.9. The largest absolute Gasteiger partial charge is 0.313 e. The molecule has 1 aliphatic carbocycles. The van der Waals surface area contributed by atoms with E-state index in [4.69, 9.17) is 5.84 Å². The Morgan fingerprint density at radius 3 is 2.88 bits per heavy atom. The fourth-order valence-corrected chi connectivity index (χ4v) is 2.10. The third-order valence-electron chi connectivity index (χ3n) is 3.11. The van der Waals surface area contributed by atoms with E-state index >= 15 is 0 Å². The quantitative estimate of drug-likeness (QED) is 0.349. The molecule has 3 N–H and O–H groups in total. The summed E-state index contributed by atoms with van der Waals surface area (Å²) in [6.07, 6.45) is 8.39. The molecule has 5 nitrogen and oxygen atoms in total. The lowest BCUT2D eigenvalue weighted by atomic mass is 10.3. The lowest BCUT2D eigenvalue weighted by Crippen LogP contribution is -2.43. The molecule has 0 aromatic carbocycles. The lowest BCUT2D eigenvalue weighted by molar-refractivity contribution is 0.696. The van der Waals surface area contributed by atoms with Gasteiger partial charge in [0.2, 0.25) is 5.96 Å². The number of rotatable bonds is 2. The average molecular weight is 233 g/mol. The number of pyridine rings is 1. The molecular weight excluding hydrogens is 214 g/mol. The summed E-state index contributed by atoms with van der Waals surface area (Å²) in [5.41, 5.74) is 3.65. The van der Waals surface area contributed by atoms with Crippen molar-refractivity contribution in [2.45, 2.75) is 31.7 Å². The molecule has 5 heteroatoms. The number of nitrogens with one attached hydrogen (secondary N) is 1. The molecule has 1 aliphatic rings. The van der Waals surface area contributed by atoms with Crippen molar-refractivity contribution in [1.82, 2.24) is 10.4 Å². The molecule has 0 unspecified atom stereocenters. The van der Waals surface area contributed by atoms with Crippen LogP contribution in [0, 0.1) is 0 Å². The highest BCUT2D eigenvalue weighted by Crippen LogP contribution is 2.21. The highest BCUT2D eigenvalue weighted by molar-refractivity contribution is 5.95. The monoisotopic (exact) mass is 233 g/mol. The van der Waals surface area contributed by atoms with Gasteiger partial charge in [-0.3, -0.25) is 10.4 Å². The number of nitrogens with zero attached hydrogens (tertiary/aromatic N) is 3. The smallest absolute Gasteiger partial charge is 0.213 e. The molecule has 1 heterocycles. The summed E-state index contributed by atoms with van der Waals surface area (Å²) in [5, 5.41) is 0. The second-order valence-corrected chi connectivity index (χ2v) is 4.31. The molecular formula is C12H19N5. The van der Waals surface area contributed by atoms with Gasteiger partial charge in [-0.05, 0) is 25.0 Å². The molecule has 1 saturated carbocycles. The summed E-state index contributed by atoms with van der Waals surface area (Å²) in [7, 11) is 1.94. The number of hydrogen-bond donors (Lipinski definition) is 2. The first-order valence-electron chi connectivity index (χ1n) is 5.99. The highest BCUT2D eigenvalue weighted by atomic mass is 15.4. The molecule has 1 aromatic heterocycles. The Labute approximate surface area is 102 Å². The minimum atomic E-state index is 0.403. The molecule has 17 heavy (non-hydrogen) atoms. The van der Waals surface area contributed by atoms with Gasteiger partial charge in [-0.25, -0.2) is 10.8 Å². The van der Waals surface area contributed by atoms with Crippen molar-refractivity contribution in [2.24, 2.45) is 10.8 Å². The maximum atomic E-state index is 5.55. The van der Waals surface area contributed by atoms with Crippen LogP contribution in [0.15, 0.2) is 29.5 Å². The minimum absolute atomic E-state index is 0.403. The van der Waals surface area contributed by atoms with Crippen LogP contribution in [0.5, 0.6) is 0 Å². The van der Waals surface area contributed by atoms with Crippen molar-refractivity contribution in [2.75, 3.05) is 11.9 Å². The minimum Gasteiger partial charge on any atom is -0.313 e. The highest BCUT2D eigenvalue weighted by Gasteiger charge is 2.16. The van der Waals surface area contributed by atoms with Gasteiger partial charge >= 0.3 is 0 Å². The molecule has 0 saturated heterocycles. The van der Waals surface area contributed by atoms with E-state index in [1.807, 2.05) is 24.1 Å². The van der Waals surface area contributed by atoms with Gasteiger partial charge in [0.25, 0.3) is 0 Å². The SMILES string of the molecule is CN(C(=NC1CCCC1)NN)c1cccnc1. The van der Waals surface area contributed by atoms with Crippen LogP contribution in [-0.2, 0) is 0 Å². The number of anilines is 1. The molecule has 0 bridgehead atoms. The Morgan fingerprint density at radius 2 is 2.29 bits per heavy atom. The maximum Gasteiger partial charge on any atom is 0.213 e. The van der Waals surface area contributed by atoms with E-state index in [0.717, 1.165) is 18.5 Å². The summed E-state index contributed by atoms with van der Waals surface area (Å²) in [4.78, 5) is 10.7. The predicted molar refractivity (Wildman–Crippen MR) is 69.7 cm³/mol. The molecule has 0 atom stereocenters. The van der Waals surface area contributed by atoms with E-state index in [9.17, 15) is 0 Å². The van der Waals surface area contributed by atoms with Crippen molar-refractivity contribution in [1.29, 1.82) is 0 Å². The topological polar surface area (TPSA) is 66.5 Å². The van der Waals surface area contributed by atoms with Crippen molar-refractivity contribution < 1.29 is 0 Å². The molecule has 1 fully saturated rings. The normalized spacial score (nSPS) is 17.2. The first-order valence-corrected chi connectivity index (χ1v) is 5.99. The number of guanidine groups is 1. The summed E-state index contributed by atoms with van der Waals surface area (Å²) < 4.78 is 0. The standard InChI is InChI=1S/C12H19N5/c1-17(11-7-4-8-14-9-11)12(16-13)15-10-5-2-3-6-10/h4,7-10H,2-3,5-6,13H2,1H3,(H,15,16). The van der Waals surface area contributed by atoms with Crippen molar-refractivity contribution in [3.63, 3.8) is 0 Å². The van der Waals surface area contributed by atoms with Gasteiger partial charge in [0.15, 0.2) is 0 Å². The van der Waals surface area contributed by atoms with Crippen LogP contribution < -0.4 is 16.2 Å². The van der Waals surface area contributed by atoms with Crippen LogP contribution in [0.3, 0.4) is 0 Å². The summed E-state index contributed by atoms with van der Waals surface area (Å²) in [6.45, 7) is 0. The first-order chi connectivity index (χ1) is 8.31. The predicted octanol–water partition coefficient (Wildman–Crippen LogP) is 1.28. The fourth-order valence-electron chi connectivity index (χ4n) is 2.10. The molecule has 0 amide bonds. The number of aliphatic imine (C=N–C) groups is 1. The average Bonchev–Trinajstić information content (AvgIpc) is 2.89. The van der Waals surface area contributed by atoms with E-state index < -0.39 is 0 Å². The van der Waals surface area contributed by atoms with Gasteiger partial charge in [0.1, 0.15) is 0 Å². The number of aromatic nitrogens is 1. The Morgan fingerprint density at radius 1 is 1.53 bits per heavy atom. The molecule has 0 aliphatic heterocycles. The Hall–Kier alpha value is -1.62. The van der Waals surface area contributed by atoms with Crippen LogP contribution in [0.4, 0.5) is 5.69 Å². The second-order valence-electron chi connectivity index (χ2n) is 4.31. The fraction of sp³-hybridized carbons (Fsp3) is 0.500. The zero-order valence-electron chi connectivity index (χ0n) is 10.1. The van der Waals surface area contributed by atoms with Gasteiger partial charge in [-0.2, -0.15) is 0 Å². The van der Waals surface area contributed by atoms with Gasteiger partial charge in [-0.15, -0.1) is 0 Å². The Balaban J connectivity index is 2.12. The van der Waals surface area contributed by atoms with Crippen LogP contribution in [-0.4, -0.2) is 24.0 Å². The van der Waals surface area contributed by atoms with Gasteiger partial charge < -0.3 is 4.90 Å². The van der Waals surface area contributed by atoms with Gasteiger partial charge in [0, 0.05) is 13.2 Å². The molecule has 0 spiro atoms. The van der Waals surface area contributed by atoms with E-state index in [1.165, 1.54) is 12.8 Å². The second kappa shape index (κ2) is 5.63. The third-order valence-corrected chi connectivity index (χ3v) is 3.11. The summed E-state index contributed by atoms with van der Waals surface area (Å²) in [6, 6.07) is 4.28. The van der Waals surface area contributed by atoms with Crippen LogP contribution in [0.1, 0.15) is 25.7 Å².